The zero-order valence-corrected chi connectivity index (χ0v) is 7.84. The highest BCUT2D eigenvalue weighted by atomic mass is 16.6. The van der Waals surface area contributed by atoms with Crippen LogP contribution in [0.25, 0.3) is 0 Å². The van der Waals surface area contributed by atoms with E-state index in [1.165, 1.54) is 0 Å². The maximum Gasteiger partial charge on any atom is 0.293 e. The molecule has 0 radical (unpaired) electrons. The molecule has 1 aromatic carbocycles. The molecule has 80 valence electrons. The van der Waals surface area contributed by atoms with Gasteiger partial charge in [-0.05, 0) is 12.1 Å². The molecule has 0 aliphatic rings. The molecule has 0 atom stereocenters. The van der Waals surface area contributed by atoms with E-state index in [1.54, 1.807) is 6.07 Å². The number of nitriles is 1. The Labute approximate surface area is 89.2 Å². The molecular weight excluding hydrogens is 214 g/mol. The molecule has 2 N–H and O–H groups in total. The van der Waals surface area contributed by atoms with E-state index in [9.17, 15) is 19.7 Å². The number of rotatable bonds is 3. The van der Waals surface area contributed by atoms with E-state index < -0.39 is 27.6 Å². The summed E-state index contributed by atoms with van der Waals surface area (Å²) in [4.78, 5) is 31.4. The van der Waals surface area contributed by atoms with Crippen molar-refractivity contribution in [3.8, 4) is 6.07 Å². The minimum absolute atomic E-state index is 0.156. The average molecular weight is 219 g/mol. The van der Waals surface area contributed by atoms with E-state index in [1.807, 2.05) is 0 Å². The Kier molecular flexibility index (Phi) is 2.96. The second kappa shape index (κ2) is 4.18. The third-order valence-electron chi connectivity index (χ3n) is 1.90. The molecule has 1 amide bonds. The lowest BCUT2D eigenvalue weighted by molar-refractivity contribution is -0.385. The van der Waals surface area contributed by atoms with Gasteiger partial charge in [-0.2, -0.15) is 5.26 Å². The minimum atomic E-state index is -1.03. The smallest absolute Gasteiger partial charge is 0.293 e. The SMILES string of the molecule is N#Cc1ccc(C(N)=O)c([N+](=O)[O-])c1C=O. The molecule has 0 aliphatic carbocycles. The van der Waals surface area contributed by atoms with E-state index in [-0.39, 0.29) is 11.8 Å². The van der Waals surface area contributed by atoms with E-state index in [4.69, 9.17) is 11.0 Å². The number of hydrogen-bond donors (Lipinski definition) is 1. The van der Waals surface area contributed by atoms with Crippen molar-refractivity contribution < 1.29 is 14.5 Å². The van der Waals surface area contributed by atoms with Crippen LogP contribution >= 0.6 is 0 Å². The molecule has 0 bridgehead atoms. The number of carbonyl (C=O) groups is 2. The largest absolute Gasteiger partial charge is 0.365 e. The van der Waals surface area contributed by atoms with Gasteiger partial charge in [-0.15, -0.1) is 0 Å². The fourth-order valence-electron chi connectivity index (χ4n) is 1.22. The molecule has 16 heavy (non-hydrogen) atoms. The topological polar surface area (TPSA) is 127 Å². The molecular formula is C9H5N3O4. The Morgan fingerprint density at radius 1 is 1.56 bits per heavy atom. The Morgan fingerprint density at radius 3 is 2.56 bits per heavy atom. The molecule has 0 fully saturated rings. The van der Waals surface area contributed by atoms with Crippen LogP contribution in [-0.2, 0) is 0 Å². The van der Waals surface area contributed by atoms with Gasteiger partial charge in [0.15, 0.2) is 6.29 Å². The maximum atomic E-state index is 10.9. The highest BCUT2D eigenvalue weighted by Gasteiger charge is 2.25. The standard InChI is InChI=1S/C9H5N3O4/c10-3-5-1-2-6(9(11)14)8(12(15)16)7(5)4-13/h1-2,4H,(H2,11,14). The van der Waals surface area contributed by atoms with E-state index in [0.717, 1.165) is 12.1 Å². The number of benzene rings is 1. The van der Waals surface area contributed by atoms with E-state index >= 15 is 0 Å². The van der Waals surface area contributed by atoms with Crippen molar-refractivity contribution in [2.24, 2.45) is 5.73 Å². The first-order valence-electron chi connectivity index (χ1n) is 3.99. The number of nitro benzene ring substituents is 1. The van der Waals surface area contributed by atoms with Crippen LogP contribution in [0, 0.1) is 21.4 Å². The summed E-state index contributed by atoms with van der Waals surface area (Å²) in [6, 6.07) is 3.80. The summed E-state index contributed by atoms with van der Waals surface area (Å²) in [5.74, 6) is -1.03. The Morgan fingerprint density at radius 2 is 2.19 bits per heavy atom. The van der Waals surface area contributed by atoms with Crippen LogP contribution in [0.5, 0.6) is 0 Å². The van der Waals surface area contributed by atoms with Gasteiger partial charge >= 0.3 is 0 Å². The molecule has 0 spiro atoms. The monoisotopic (exact) mass is 219 g/mol. The van der Waals surface area contributed by atoms with Crippen LogP contribution in [0.2, 0.25) is 0 Å². The predicted molar refractivity (Wildman–Crippen MR) is 51.7 cm³/mol. The number of amides is 1. The van der Waals surface area contributed by atoms with Crippen LogP contribution in [0.3, 0.4) is 0 Å². The maximum absolute atomic E-state index is 10.9. The molecule has 7 heteroatoms. The molecule has 0 aliphatic heterocycles. The van der Waals surface area contributed by atoms with Crippen molar-refractivity contribution in [2.75, 3.05) is 0 Å². The molecule has 0 aromatic heterocycles. The summed E-state index contributed by atoms with van der Waals surface area (Å²) >= 11 is 0. The molecule has 7 nitrogen and oxygen atoms in total. The number of aldehydes is 1. The summed E-state index contributed by atoms with van der Waals surface area (Å²) in [5.41, 5.74) is 3.18. The summed E-state index contributed by atoms with van der Waals surface area (Å²) in [6.45, 7) is 0. The predicted octanol–water partition coefficient (Wildman–Crippen LogP) is 0.378. The van der Waals surface area contributed by atoms with Crippen LogP contribution in [-0.4, -0.2) is 17.1 Å². The second-order valence-electron chi connectivity index (χ2n) is 2.77. The first-order chi connectivity index (χ1) is 7.52. The molecule has 0 saturated carbocycles. The Balaban J connectivity index is 3.72. The number of carbonyl (C=O) groups excluding carboxylic acids is 2. The first-order valence-corrected chi connectivity index (χ1v) is 3.99. The van der Waals surface area contributed by atoms with Crippen molar-refractivity contribution in [1.82, 2.24) is 0 Å². The fraction of sp³-hybridized carbons (Fsp3) is 0. The zero-order chi connectivity index (χ0) is 12.3. The van der Waals surface area contributed by atoms with Crippen molar-refractivity contribution >= 4 is 17.9 Å². The van der Waals surface area contributed by atoms with Crippen LogP contribution in [0.1, 0.15) is 26.3 Å². The van der Waals surface area contributed by atoms with Crippen molar-refractivity contribution in [2.45, 2.75) is 0 Å². The average Bonchev–Trinajstić information content (AvgIpc) is 2.26. The lowest BCUT2D eigenvalue weighted by atomic mass is 10.0. The van der Waals surface area contributed by atoms with Gasteiger partial charge in [0.05, 0.1) is 10.5 Å². The van der Waals surface area contributed by atoms with Gasteiger partial charge in [-0.1, -0.05) is 0 Å². The van der Waals surface area contributed by atoms with Gasteiger partial charge < -0.3 is 5.73 Å². The fourth-order valence-corrected chi connectivity index (χ4v) is 1.22. The number of hydrogen-bond acceptors (Lipinski definition) is 5. The second-order valence-corrected chi connectivity index (χ2v) is 2.77. The Hall–Kier alpha value is -2.75. The quantitative estimate of drug-likeness (QED) is 0.446. The van der Waals surface area contributed by atoms with Gasteiger partial charge in [0.1, 0.15) is 17.2 Å². The molecule has 1 aromatic rings. The lowest BCUT2D eigenvalue weighted by Crippen LogP contribution is -2.15. The molecule has 0 saturated heterocycles. The van der Waals surface area contributed by atoms with Crippen molar-refractivity contribution in [3.63, 3.8) is 0 Å². The van der Waals surface area contributed by atoms with Crippen LogP contribution < -0.4 is 5.73 Å². The molecule has 0 unspecified atom stereocenters. The lowest BCUT2D eigenvalue weighted by Gasteiger charge is -2.02. The van der Waals surface area contributed by atoms with Gasteiger partial charge in [-0.3, -0.25) is 19.7 Å². The summed E-state index contributed by atoms with van der Waals surface area (Å²) in [5, 5.41) is 19.3. The van der Waals surface area contributed by atoms with E-state index in [2.05, 4.69) is 0 Å². The highest BCUT2D eigenvalue weighted by Crippen LogP contribution is 2.25. The van der Waals surface area contributed by atoms with Gasteiger partial charge in [-0.25, -0.2) is 0 Å². The normalized spacial score (nSPS) is 9.19. The summed E-state index contributed by atoms with van der Waals surface area (Å²) in [6.07, 6.45) is 0.156. The molecule has 0 heterocycles. The highest BCUT2D eigenvalue weighted by molar-refractivity contribution is 6.01. The van der Waals surface area contributed by atoms with Crippen LogP contribution in [0.15, 0.2) is 12.1 Å². The van der Waals surface area contributed by atoms with Crippen LogP contribution in [0.4, 0.5) is 5.69 Å². The number of primary amides is 1. The molecule has 1 rings (SSSR count). The summed E-state index contributed by atoms with van der Waals surface area (Å²) < 4.78 is 0. The third-order valence-corrected chi connectivity index (χ3v) is 1.90. The van der Waals surface area contributed by atoms with Gasteiger partial charge in [0, 0.05) is 0 Å². The number of nitrogens with zero attached hydrogens (tertiary/aromatic N) is 2. The van der Waals surface area contributed by atoms with Gasteiger partial charge in [0.25, 0.3) is 11.6 Å². The van der Waals surface area contributed by atoms with Gasteiger partial charge in [0.2, 0.25) is 0 Å². The first kappa shape index (κ1) is 11.3. The third kappa shape index (κ3) is 1.72. The Bertz CT molecular complexity index is 530. The van der Waals surface area contributed by atoms with Crippen molar-refractivity contribution in [3.05, 3.63) is 38.9 Å². The summed E-state index contributed by atoms with van der Waals surface area (Å²) in [7, 11) is 0. The van der Waals surface area contributed by atoms with E-state index in [0.29, 0.717) is 0 Å². The van der Waals surface area contributed by atoms with Crippen molar-refractivity contribution in [1.29, 1.82) is 5.26 Å². The zero-order valence-electron chi connectivity index (χ0n) is 7.84. The number of nitrogens with two attached hydrogens (primary N) is 1. The minimum Gasteiger partial charge on any atom is -0.365 e. The number of nitro groups is 1.